The highest BCUT2D eigenvalue weighted by Crippen LogP contribution is 2.22. The molecule has 1 N–H and O–H groups in total. The van der Waals surface area contributed by atoms with E-state index in [0.29, 0.717) is 17.1 Å². The number of hydrogen-bond acceptors (Lipinski definition) is 4. The van der Waals surface area contributed by atoms with Gasteiger partial charge in [-0.1, -0.05) is 34.0 Å². The van der Waals surface area contributed by atoms with E-state index in [1.54, 1.807) is 30.3 Å². The van der Waals surface area contributed by atoms with E-state index in [1.807, 2.05) is 12.1 Å². The molecule has 0 heterocycles. The molecule has 0 bridgehead atoms. The van der Waals surface area contributed by atoms with Crippen molar-refractivity contribution < 1.29 is 14.3 Å². The van der Waals surface area contributed by atoms with Gasteiger partial charge in [-0.2, -0.15) is 5.10 Å². The quantitative estimate of drug-likeness (QED) is 0.470. The second kappa shape index (κ2) is 8.75. The minimum Gasteiger partial charge on any atom is -0.496 e. The van der Waals surface area contributed by atoms with Crippen LogP contribution in [0.5, 0.6) is 11.5 Å². The number of carbonyl (C=O) groups excluding carboxylic acids is 1. The van der Waals surface area contributed by atoms with Crippen molar-refractivity contribution in [1.82, 2.24) is 5.43 Å². The van der Waals surface area contributed by atoms with Crippen LogP contribution in [-0.2, 0) is 0 Å². The Labute approximate surface area is 148 Å². The van der Waals surface area contributed by atoms with Crippen molar-refractivity contribution in [3.8, 4) is 23.8 Å². The van der Waals surface area contributed by atoms with Gasteiger partial charge >= 0.3 is 0 Å². The maximum Gasteiger partial charge on any atom is 0.275 e. The zero-order chi connectivity index (χ0) is 17.4. The summed E-state index contributed by atoms with van der Waals surface area (Å²) in [6.45, 7) is 0.194. The minimum atomic E-state index is -0.371. The summed E-state index contributed by atoms with van der Waals surface area (Å²) in [7, 11) is 1.50. The Balaban J connectivity index is 2.05. The molecule has 0 aromatic heterocycles. The summed E-state index contributed by atoms with van der Waals surface area (Å²) in [5.74, 6) is 3.13. The van der Waals surface area contributed by atoms with Crippen molar-refractivity contribution in [1.29, 1.82) is 0 Å². The molecule has 0 atom stereocenters. The van der Waals surface area contributed by atoms with Crippen LogP contribution in [0.2, 0.25) is 0 Å². The lowest BCUT2D eigenvalue weighted by Crippen LogP contribution is -2.18. The first-order chi connectivity index (χ1) is 11.6. The van der Waals surface area contributed by atoms with E-state index in [9.17, 15) is 4.79 Å². The van der Waals surface area contributed by atoms with Crippen molar-refractivity contribution in [2.75, 3.05) is 13.7 Å². The summed E-state index contributed by atoms with van der Waals surface area (Å²) in [6.07, 6.45) is 6.67. The van der Waals surface area contributed by atoms with Crippen LogP contribution in [0.1, 0.15) is 15.9 Å². The Morgan fingerprint density at radius 1 is 1.38 bits per heavy atom. The Morgan fingerprint density at radius 2 is 2.21 bits per heavy atom. The van der Waals surface area contributed by atoms with Gasteiger partial charge in [0.25, 0.3) is 5.91 Å². The number of benzene rings is 2. The highest BCUT2D eigenvalue weighted by molar-refractivity contribution is 9.10. The molecule has 122 valence electrons. The summed E-state index contributed by atoms with van der Waals surface area (Å²) in [6, 6.07) is 12.4. The molecular weight excluding hydrogens is 372 g/mol. The largest absolute Gasteiger partial charge is 0.496 e. The molecule has 0 aliphatic rings. The van der Waals surface area contributed by atoms with Crippen LogP contribution in [0, 0.1) is 12.3 Å². The molecule has 2 aromatic rings. The van der Waals surface area contributed by atoms with Crippen molar-refractivity contribution in [2.45, 2.75) is 0 Å². The average Bonchev–Trinajstić information content (AvgIpc) is 2.60. The summed E-state index contributed by atoms with van der Waals surface area (Å²) in [5, 5.41) is 3.95. The van der Waals surface area contributed by atoms with Gasteiger partial charge in [-0.15, -0.1) is 6.42 Å². The summed E-state index contributed by atoms with van der Waals surface area (Å²) in [5.41, 5.74) is 3.62. The molecule has 0 saturated heterocycles. The van der Waals surface area contributed by atoms with Crippen LogP contribution in [0.3, 0.4) is 0 Å². The molecule has 0 saturated carbocycles. The van der Waals surface area contributed by atoms with Crippen LogP contribution >= 0.6 is 15.9 Å². The Hall–Kier alpha value is -2.78. The number of hydrazone groups is 1. The minimum absolute atomic E-state index is 0.194. The number of nitrogens with one attached hydrogen (secondary N) is 1. The smallest absolute Gasteiger partial charge is 0.275 e. The highest BCUT2D eigenvalue weighted by atomic mass is 79.9. The van der Waals surface area contributed by atoms with E-state index in [1.165, 1.54) is 13.3 Å². The molecule has 0 aliphatic heterocycles. The zero-order valence-corrected chi connectivity index (χ0v) is 14.5. The number of ether oxygens (including phenoxy) is 2. The fraction of sp³-hybridized carbons (Fsp3) is 0.111. The molecule has 0 spiro atoms. The molecule has 0 radical (unpaired) electrons. The monoisotopic (exact) mass is 386 g/mol. The predicted molar refractivity (Wildman–Crippen MR) is 96.5 cm³/mol. The molecular formula is C18H15BrN2O3. The van der Waals surface area contributed by atoms with E-state index in [2.05, 4.69) is 32.4 Å². The maximum absolute atomic E-state index is 12.2. The molecule has 2 rings (SSSR count). The molecule has 24 heavy (non-hydrogen) atoms. The van der Waals surface area contributed by atoms with Gasteiger partial charge in [0.05, 0.1) is 18.9 Å². The first-order valence-corrected chi connectivity index (χ1v) is 7.76. The first kappa shape index (κ1) is 17.6. The van der Waals surface area contributed by atoms with E-state index in [0.717, 1.165) is 10.0 Å². The summed E-state index contributed by atoms with van der Waals surface area (Å²) < 4.78 is 11.3. The molecule has 1 amide bonds. The Kier molecular flexibility index (Phi) is 6.41. The van der Waals surface area contributed by atoms with Gasteiger partial charge in [0.1, 0.15) is 18.1 Å². The van der Waals surface area contributed by atoms with Crippen LogP contribution in [0.15, 0.2) is 52.0 Å². The van der Waals surface area contributed by atoms with Gasteiger partial charge in [-0.25, -0.2) is 5.43 Å². The maximum atomic E-state index is 12.2. The SMILES string of the molecule is C#CCOc1cccc(/C=N\NC(=O)c2cc(Br)ccc2OC)c1. The number of carbonyl (C=O) groups is 1. The number of rotatable bonds is 6. The Bertz CT molecular complexity index is 797. The third-order valence-electron chi connectivity index (χ3n) is 2.97. The van der Waals surface area contributed by atoms with Crippen molar-refractivity contribution in [2.24, 2.45) is 5.10 Å². The second-order valence-corrected chi connectivity index (χ2v) is 5.52. The first-order valence-electron chi connectivity index (χ1n) is 6.97. The standard InChI is InChI=1S/C18H15BrN2O3/c1-3-9-24-15-6-4-5-13(10-15)12-20-21-18(22)16-11-14(19)7-8-17(16)23-2/h1,4-8,10-12H,9H2,2H3,(H,21,22)/b20-12-. The average molecular weight is 387 g/mol. The molecule has 6 heteroatoms. The van der Waals surface area contributed by atoms with Gasteiger partial charge in [-0.05, 0) is 35.9 Å². The van der Waals surface area contributed by atoms with Crippen molar-refractivity contribution in [3.05, 3.63) is 58.1 Å². The van der Waals surface area contributed by atoms with E-state index < -0.39 is 0 Å². The molecule has 5 nitrogen and oxygen atoms in total. The second-order valence-electron chi connectivity index (χ2n) is 4.61. The highest BCUT2D eigenvalue weighted by Gasteiger charge is 2.11. The van der Waals surface area contributed by atoms with Crippen LogP contribution in [-0.4, -0.2) is 25.8 Å². The van der Waals surface area contributed by atoms with Crippen LogP contribution < -0.4 is 14.9 Å². The number of amides is 1. The Morgan fingerprint density at radius 3 is 2.96 bits per heavy atom. The van der Waals surface area contributed by atoms with E-state index >= 15 is 0 Å². The summed E-state index contributed by atoms with van der Waals surface area (Å²) in [4.78, 5) is 12.2. The summed E-state index contributed by atoms with van der Waals surface area (Å²) >= 11 is 3.33. The van der Waals surface area contributed by atoms with Crippen LogP contribution in [0.4, 0.5) is 0 Å². The van der Waals surface area contributed by atoms with E-state index in [-0.39, 0.29) is 12.5 Å². The predicted octanol–water partition coefficient (Wildman–Crippen LogP) is 3.23. The van der Waals surface area contributed by atoms with Crippen LogP contribution in [0.25, 0.3) is 0 Å². The number of nitrogens with zero attached hydrogens (tertiary/aromatic N) is 1. The molecule has 0 unspecified atom stereocenters. The van der Waals surface area contributed by atoms with Crippen molar-refractivity contribution in [3.63, 3.8) is 0 Å². The third-order valence-corrected chi connectivity index (χ3v) is 3.46. The number of halogens is 1. The lowest BCUT2D eigenvalue weighted by molar-refractivity contribution is 0.0952. The van der Waals surface area contributed by atoms with Gasteiger partial charge < -0.3 is 9.47 Å². The van der Waals surface area contributed by atoms with Gasteiger partial charge in [-0.3, -0.25) is 4.79 Å². The lowest BCUT2D eigenvalue weighted by atomic mass is 10.2. The normalized spacial score (nSPS) is 10.2. The number of methoxy groups -OCH3 is 1. The molecule has 2 aromatic carbocycles. The number of hydrogen-bond donors (Lipinski definition) is 1. The molecule has 0 aliphatic carbocycles. The topological polar surface area (TPSA) is 59.9 Å². The molecule has 0 fully saturated rings. The van der Waals surface area contributed by atoms with Gasteiger partial charge in [0, 0.05) is 4.47 Å². The number of terminal acetylenes is 1. The fourth-order valence-corrected chi connectivity index (χ4v) is 2.25. The van der Waals surface area contributed by atoms with E-state index in [4.69, 9.17) is 15.9 Å². The fourth-order valence-electron chi connectivity index (χ4n) is 1.89. The van der Waals surface area contributed by atoms with Gasteiger partial charge in [0.15, 0.2) is 0 Å². The third kappa shape index (κ3) is 4.86. The zero-order valence-electron chi connectivity index (χ0n) is 13.0. The van der Waals surface area contributed by atoms with Gasteiger partial charge in [0.2, 0.25) is 0 Å². The lowest BCUT2D eigenvalue weighted by Gasteiger charge is -2.07. The van der Waals surface area contributed by atoms with Crippen molar-refractivity contribution >= 4 is 28.1 Å².